The second-order valence-corrected chi connectivity index (χ2v) is 10.3. The first-order chi connectivity index (χ1) is 19.7. The Bertz CT molecular complexity index is 1570. The largest absolute Gasteiger partial charge is 0.353 e. The lowest BCUT2D eigenvalue weighted by Crippen LogP contribution is -2.47. The monoisotopic (exact) mass is 559 g/mol. The molecule has 1 aliphatic rings. The van der Waals surface area contributed by atoms with Gasteiger partial charge in [0.15, 0.2) is 11.6 Å². The highest BCUT2D eigenvalue weighted by Gasteiger charge is 2.25. The Kier molecular flexibility index (Phi) is 8.16. The molecule has 9 nitrogen and oxygen atoms in total. The van der Waals surface area contributed by atoms with Crippen LogP contribution in [-0.2, 0) is 11.2 Å². The molecule has 4 aromatic rings. The minimum atomic E-state index is -0.975. The predicted octanol–water partition coefficient (Wildman–Crippen LogP) is 3.15. The van der Waals surface area contributed by atoms with Crippen LogP contribution in [0, 0.1) is 11.6 Å². The molecule has 1 fully saturated rings. The molecule has 0 saturated carbocycles. The Morgan fingerprint density at radius 1 is 1.00 bits per heavy atom. The van der Waals surface area contributed by atoms with Crippen LogP contribution in [0.5, 0.6) is 0 Å². The van der Waals surface area contributed by atoms with Crippen LogP contribution in [0.25, 0.3) is 22.2 Å². The lowest BCUT2D eigenvalue weighted by molar-refractivity contribution is -0.130. The van der Waals surface area contributed by atoms with Gasteiger partial charge >= 0.3 is 0 Å². The number of pyridine rings is 1. The number of fused-ring (bicyclic) bond motifs is 1. The quantitative estimate of drug-likeness (QED) is 0.372. The number of hydrogen-bond donors (Lipinski definition) is 1. The van der Waals surface area contributed by atoms with Gasteiger partial charge in [-0.15, -0.1) is 0 Å². The molecule has 41 heavy (non-hydrogen) atoms. The standard InChI is InChI=1S/C30H31F2N7O2/c1-37(2)30(41)26(15-19-7-10-24(33-17-19)21-5-4-6-23(31)27(21)32)36-29(40)20-8-9-22-25(16-20)34-18-35-28(22)39-13-11-38(3)12-14-39/h4-10,16-18,26H,11-15H2,1-3H3,(H,36,40). The van der Waals surface area contributed by atoms with Gasteiger partial charge in [-0.2, -0.15) is 0 Å². The third kappa shape index (κ3) is 6.14. The number of likely N-dealkylation sites (N-methyl/N-ethyl adjacent to an activating group) is 2. The second-order valence-electron chi connectivity index (χ2n) is 10.3. The Balaban J connectivity index is 1.34. The van der Waals surface area contributed by atoms with Crippen molar-refractivity contribution in [2.45, 2.75) is 12.5 Å². The number of piperazine rings is 1. The van der Waals surface area contributed by atoms with Crippen molar-refractivity contribution >= 4 is 28.5 Å². The van der Waals surface area contributed by atoms with E-state index in [2.05, 4.69) is 37.1 Å². The van der Waals surface area contributed by atoms with E-state index < -0.39 is 23.6 Å². The van der Waals surface area contributed by atoms with Gasteiger partial charge in [-0.05, 0) is 49.0 Å². The van der Waals surface area contributed by atoms with Crippen LogP contribution in [0.1, 0.15) is 15.9 Å². The SMILES string of the molecule is CN1CCN(c2ncnc3cc(C(=O)NC(Cc4ccc(-c5cccc(F)c5F)nc4)C(=O)N(C)C)ccc23)CC1. The molecule has 1 saturated heterocycles. The first-order valence-corrected chi connectivity index (χ1v) is 13.3. The highest BCUT2D eigenvalue weighted by Crippen LogP contribution is 2.25. The molecule has 1 atom stereocenters. The summed E-state index contributed by atoms with van der Waals surface area (Å²) in [6.45, 7) is 3.58. The summed E-state index contributed by atoms with van der Waals surface area (Å²) in [6, 6.07) is 11.5. The summed E-state index contributed by atoms with van der Waals surface area (Å²) in [5, 5.41) is 3.70. The molecule has 0 aliphatic carbocycles. The number of anilines is 1. The summed E-state index contributed by atoms with van der Waals surface area (Å²) in [4.78, 5) is 45.4. The maximum absolute atomic E-state index is 14.2. The van der Waals surface area contributed by atoms with Crippen LogP contribution >= 0.6 is 0 Å². The molecule has 2 amide bonds. The van der Waals surface area contributed by atoms with Gasteiger partial charge in [-0.25, -0.2) is 18.7 Å². The van der Waals surface area contributed by atoms with E-state index >= 15 is 0 Å². The third-order valence-electron chi connectivity index (χ3n) is 7.22. The van der Waals surface area contributed by atoms with E-state index in [-0.39, 0.29) is 23.6 Å². The number of nitrogens with zero attached hydrogens (tertiary/aromatic N) is 6. The fourth-order valence-corrected chi connectivity index (χ4v) is 4.85. The van der Waals surface area contributed by atoms with Crippen molar-refractivity contribution in [1.29, 1.82) is 0 Å². The van der Waals surface area contributed by atoms with E-state index in [1.807, 2.05) is 6.07 Å². The van der Waals surface area contributed by atoms with Gasteiger partial charge in [0, 0.05) is 69.4 Å². The van der Waals surface area contributed by atoms with Crippen molar-refractivity contribution in [3.8, 4) is 11.3 Å². The van der Waals surface area contributed by atoms with Crippen molar-refractivity contribution < 1.29 is 18.4 Å². The van der Waals surface area contributed by atoms with Crippen LogP contribution < -0.4 is 10.2 Å². The fourth-order valence-electron chi connectivity index (χ4n) is 4.85. The number of benzene rings is 2. The topological polar surface area (TPSA) is 94.6 Å². The van der Waals surface area contributed by atoms with Gasteiger partial charge in [0.05, 0.1) is 11.2 Å². The maximum Gasteiger partial charge on any atom is 0.252 e. The highest BCUT2D eigenvalue weighted by molar-refractivity contribution is 6.01. The molecule has 1 unspecified atom stereocenters. The summed E-state index contributed by atoms with van der Waals surface area (Å²) in [5.74, 6) is -1.80. The number of rotatable bonds is 7. The fraction of sp³-hybridized carbons (Fsp3) is 0.300. The lowest BCUT2D eigenvalue weighted by Gasteiger charge is -2.33. The van der Waals surface area contributed by atoms with E-state index in [0.29, 0.717) is 16.6 Å². The average Bonchev–Trinajstić information content (AvgIpc) is 2.98. The maximum atomic E-state index is 14.2. The molecule has 212 valence electrons. The van der Waals surface area contributed by atoms with Crippen molar-refractivity contribution in [2.75, 3.05) is 52.2 Å². The second kappa shape index (κ2) is 11.9. The molecule has 2 aromatic heterocycles. The normalized spacial score (nSPS) is 14.6. The Morgan fingerprint density at radius 2 is 1.78 bits per heavy atom. The van der Waals surface area contributed by atoms with E-state index in [9.17, 15) is 18.4 Å². The van der Waals surface area contributed by atoms with Gasteiger partial charge in [0.1, 0.15) is 18.2 Å². The van der Waals surface area contributed by atoms with Crippen LogP contribution in [-0.4, -0.2) is 89.9 Å². The lowest BCUT2D eigenvalue weighted by atomic mass is 10.0. The summed E-state index contributed by atoms with van der Waals surface area (Å²) >= 11 is 0. The van der Waals surface area contributed by atoms with Gasteiger partial charge in [0.2, 0.25) is 5.91 Å². The summed E-state index contributed by atoms with van der Waals surface area (Å²) in [5.41, 5.74) is 1.96. The molecule has 3 heterocycles. The zero-order valence-electron chi connectivity index (χ0n) is 23.1. The number of halogens is 2. The first kappa shape index (κ1) is 28.0. The van der Waals surface area contributed by atoms with E-state index in [4.69, 9.17) is 0 Å². The van der Waals surface area contributed by atoms with Gasteiger partial charge < -0.3 is 20.0 Å². The molecule has 2 aromatic carbocycles. The van der Waals surface area contributed by atoms with Gasteiger partial charge in [-0.3, -0.25) is 14.6 Å². The number of amides is 2. The van der Waals surface area contributed by atoms with Crippen molar-refractivity contribution in [2.24, 2.45) is 0 Å². The molecule has 1 aliphatic heterocycles. The number of carbonyl (C=O) groups excluding carboxylic acids is 2. The van der Waals surface area contributed by atoms with Crippen molar-refractivity contribution in [3.05, 3.63) is 83.8 Å². The number of nitrogens with one attached hydrogen (secondary N) is 1. The third-order valence-corrected chi connectivity index (χ3v) is 7.22. The zero-order chi connectivity index (χ0) is 29.1. The predicted molar refractivity (Wildman–Crippen MR) is 152 cm³/mol. The highest BCUT2D eigenvalue weighted by atomic mass is 19.2. The minimum absolute atomic E-state index is 0.0432. The number of carbonyl (C=O) groups is 2. The smallest absolute Gasteiger partial charge is 0.252 e. The number of hydrogen-bond acceptors (Lipinski definition) is 7. The van der Waals surface area contributed by atoms with Gasteiger partial charge in [0.25, 0.3) is 5.91 Å². The van der Waals surface area contributed by atoms with Crippen molar-refractivity contribution in [1.82, 2.24) is 30.1 Å². The Hall–Kier alpha value is -4.51. The van der Waals surface area contributed by atoms with Crippen LogP contribution in [0.2, 0.25) is 0 Å². The van der Waals surface area contributed by atoms with Crippen LogP contribution in [0.3, 0.4) is 0 Å². The zero-order valence-corrected chi connectivity index (χ0v) is 23.1. The molecule has 1 N–H and O–H groups in total. The molecule has 0 radical (unpaired) electrons. The van der Waals surface area contributed by atoms with E-state index in [1.165, 1.54) is 29.6 Å². The summed E-state index contributed by atoms with van der Waals surface area (Å²) < 4.78 is 27.9. The average molecular weight is 560 g/mol. The molecular weight excluding hydrogens is 528 g/mol. The van der Waals surface area contributed by atoms with Crippen LogP contribution in [0.15, 0.2) is 61.1 Å². The molecule has 5 rings (SSSR count). The molecule has 0 bridgehead atoms. The van der Waals surface area contributed by atoms with Crippen molar-refractivity contribution in [3.63, 3.8) is 0 Å². The van der Waals surface area contributed by atoms with E-state index in [1.54, 1.807) is 38.4 Å². The Labute approximate surface area is 236 Å². The minimum Gasteiger partial charge on any atom is -0.353 e. The van der Waals surface area contributed by atoms with Gasteiger partial charge in [-0.1, -0.05) is 12.1 Å². The summed E-state index contributed by atoms with van der Waals surface area (Å²) in [6.07, 6.45) is 3.15. The number of aromatic nitrogens is 3. The van der Waals surface area contributed by atoms with Crippen LogP contribution in [0.4, 0.5) is 14.6 Å². The molecule has 11 heteroatoms. The Morgan fingerprint density at radius 3 is 2.49 bits per heavy atom. The van der Waals surface area contributed by atoms with E-state index in [0.717, 1.165) is 43.4 Å². The summed E-state index contributed by atoms with van der Waals surface area (Å²) in [7, 11) is 5.32. The molecular formula is C30H31F2N7O2. The molecule has 0 spiro atoms. The first-order valence-electron chi connectivity index (χ1n) is 13.3.